The van der Waals surface area contributed by atoms with Crippen molar-refractivity contribution in [2.75, 3.05) is 5.32 Å². The molecule has 2 aromatic heterocycles. The molecule has 0 aliphatic heterocycles. The van der Waals surface area contributed by atoms with E-state index in [1.807, 2.05) is 44.2 Å². The Morgan fingerprint density at radius 2 is 1.96 bits per heavy atom. The number of aryl methyl sites for hydroxylation is 2. The van der Waals surface area contributed by atoms with Crippen LogP contribution in [0.4, 0.5) is 5.69 Å². The van der Waals surface area contributed by atoms with Gasteiger partial charge in [-0.05, 0) is 50.5 Å². The van der Waals surface area contributed by atoms with Gasteiger partial charge in [0.05, 0.1) is 5.52 Å². The quantitative estimate of drug-likeness (QED) is 0.747. The number of imidazole rings is 1. The van der Waals surface area contributed by atoms with Crippen LogP contribution in [0.2, 0.25) is 0 Å². The van der Waals surface area contributed by atoms with Crippen molar-refractivity contribution in [1.29, 1.82) is 0 Å². The predicted molar refractivity (Wildman–Crippen MR) is 111 cm³/mol. The zero-order valence-corrected chi connectivity index (χ0v) is 16.4. The second-order valence-electron chi connectivity index (χ2n) is 7.74. The van der Waals surface area contributed by atoms with Crippen LogP contribution in [0.3, 0.4) is 0 Å². The maximum atomic E-state index is 13.2. The average Bonchev–Trinajstić information content (AvgIpc) is 2.96. The van der Waals surface area contributed by atoms with Crippen molar-refractivity contribution in [3.8, 4) is 0 Å². The van der Waals surface area contributed by atoms with Crippen LogP contribution >= 0.6 is 0 Å². The number of carbonyl (C=O) groups is 1. The first-order chi connectivity index (χ1) is 13.5. The molecular formula is C22H26N4O2. The van der Waals surface area contributed by atoms with Gasteiger partial charge in [0.1, 0.15) is 6.54 Å². The monoisotopic (exact) mass is 378 g/mol. The van der Waals surface area contributed by atoms with E-state index in [4.69, 9.17) is 0 Å². The SMILES string of the molecule is Cc1ccc(NC(=O)Cn2c(=O)n(C3CCCCC3)c3ncccc32)c(C)c1. The zero-order chi connectivity index (χ0) is 19.7. The molecule has 0 spiro atoms. The summed E-state index contributed by atoms with van der Waals surface area (Å²) in [6, 6.07) is 9.74. The van der Waals surface area contributed by atoms with Gasteiger partial charge in [0.2, 0.25) is 5.91 Å². The molecule has 0 radical (unpaired) electrons. The molecule has 4 rings (SSSR count). The van der Waals surface area contributed by atoms with E-state index >= 15 is 0 Å². The summed E-state index contributed by atoms with van der Waals surface area (Å²) < 4.78 is 3.36. The minimum absolute atomic E-state index is 0.0198. The van der Waals surface area contributed by atoms with Gasteiger partial charge >= 0.3 is 5.69 Å². The van der Waals surface area contributed by atoms with Crippen LogP contribution in [-0.2, 0) is 11.3 Å². The molecule has 0 bridgehead atoms. The predicted octanol–water partition coefficient (Wildman–Crippen LogP) is 3.96. The van der Waals surface area contributed by atoms with Crippen LogP contribution < -0.4 is 11.0 Å². The summed E-state index contributed by atoms with van der Waals surface area (Å²) in [6.45, 7) is 3.97. The first-order valence-electron chi connectivity index (χ1n) is 9.97. The molecule has 1 amide bonds. The molecule has 6 nitrogen and oxygen atoms in total. The van der Waals surface area contributed by atoms with Crippen molar-refractivity contribution >= 4 is 22.8 Å². The molecule has 2 heterocycles. The lowest BCUT2D eigenvalue weighted by Crippen LogP contribution is -2.32. The standard InChI is InChI=1S/C22H26N4O2/c1-15-10-11-18(16(2)13-15)24-20(27)14-25-19-9-6-12-23-21(19)26(22(25)28)17-7-4-3-5-8-17/h6,9-13,17H,3-5,7-8,14H2,1-2H3,(H,24,27). The van der Waals surface area contributed by atoms with E-state index < -0.39 is 0 Å². The van der Waals surface area contributed by atoms with Gasteiger partial charge in [-0.2, -0.15) is 0 Å². The van der Waals surface area contributed by atoms with Crippen LogP contribution in [-0.4, -0.2) is 20.0 Å². The highest BCUT2D eigenvalue weighted by Crippen LogP contribution is 2.29. The number of pyridine rings is 1. The number of benzene rings is 1. The molecule has 6 heteroatoms. The summed E-state index contributed by atoms with van der Waals surface area (Å²) >= 11 is 0. The van der Waals surface area contributed by atoms with Crippen molar-refractivity contribution in [2.45, 2.75) is 58.5 Å². The van der Waals surface area contributed by atoms with Gasteiger partial charge in [-0.1, -0.05) is 37.0 Å². The Morgan fingerprint density at radius 3 is 2.71 bits per heavy atom. The number of carbonyl (C=O) groups excluding carboxylic acids is 1. The Labute approximate surface area is 164 Å². The summed E-state index contributed by atoms with van der Waals surface area (Å²) in [5.41, 5.74) is 4.18. The maximum Gasteiger partial charge on any atom is 0.331 e. The zero-order valence-electron chi connectivity index (χ0n) is 16.4. The van der Waals surface area contributed by atoms with Crippen LogP contribution in [0, 0.1) is 13.8 Å². The molecule has 146 valence electrons. The maximum absolute atomic E-state index is 13.2. The van der Waals surface area contributed by atoms with Crippen molar-refractivity contribution in [3.63, 3.8) is 0 Å². The third-order valence-corrected chi connectivity index (χ3v) is 5.62. The molecular weight excluding hydrogens is 352 g/mol. The van der Waals surface area contributed by atoms with Gasteiger partial charge in [-0.15, -0.1) is 0 Å². The summed E-state index contributed by atoms with van der Waals surface area (Å²) in [5.74, 6) is -0.208. The lowest BCUT2D eigenvalue weighted by molar-refractivity contribution is -0.116. The highest BCUT2D eigenvalue weighted by atomic mass is 16.2. The van der Waals surface area contributed by atoms with E-state index in [1.165, 1.54) is 6.42 Å². The Balaban J connectivity index is 1.66. The number of anilines is 1. The smallest absolute Gasteiger partial charge is 0.324 e. The fourth-order valence-electron chi connectivity index (χ4n) is 4.22. The Bertz CT molecular complexity index is 1070. The highest BCUT2D eigenvalue weighted by molar-refractivity contribution is 5.92. The summed E-state index contributed by atoms with van der Waals surface area (Å²) in [4.78, 5) is 30.4. The first-order valence-corrected chi connectivity index (χ1v) is 9.97. The molecule has 0 unspecified atom stereocenters. The van der Waals surface area contributed by atoms with E-state index in [0.29, 0.717) is 11.2 Å². The van der Waals surface area contributed by atoms with Crippen molar-refractivity contribution in [1.82, 2.24) is 14.1 Å². The Hall–Kier alpha value is -2.89. The lowest BCUT2D eigenvalue weighted by Gasteiger charge is -2.22. The molecule has 3 aromatic rings. The summed E-state index contributed by atoms with van der Waals surface area (Å²) in [6.07, 6.45) is 7.17. The second-order valence-corrected chi connectivity index (χ2v) is 7.74. The van der Waals surface area contributed by atoms with Crippen LogP contribution in [0.5, 0.6) is 0 Å². The number of nitrogens with zero attached hydrogens (tertiary/aromatic N) is 3. The molecule has 0 atom stereocenters. The Kier molecular flexibility index (Phi) is 5.03. The minimum atomic E-state index is -0.208. The number of rotatable bonds is 4. The summed E-state index contributed by atoms with van der Waals surface area (Å²) in [5, 5.41) is 2.94. The highest BCUT2D eigenvalue weighted by Gasteiger charge is 2.24. The van der Waals surface area contributed by atoms with E-state index in [2.05, 4.69) is 10.3 Å². The molecule has 28 heavy (non-hydrogen) atoms. The van der Waals surface area contributed by atoms with Gasteiger partial charge in [0.25, 0.3) is 0 Å². The van der Waals surface area contributed by atoms with Gasteiger partial charge in [0, 0.05) is 17.9 Å². The average molecular weight is 378 g/mol. The van der Waals surface area contributed by atoms with Crippen LogP contribution in [0.15, 0.2) is 41.3 Å². The molecule has 1 saturated carbocycles. The molecule has 1 aromatic carbocycles. The van der Waals surface area contributed by atoms with Crippen molar-refractivity contribution < 1.29 is 4.79 Å². The number of nitrogens with one attached hydrogen (secondary N) is 1. The van der Waals surface area contributed by atoms with Gasteiger partial charge < -0.3 is 5.32 Å². The Morgan fingerprint density at radius 1 is 1.18 bits per heavy atom. The minimum Gasteiger partial charge on any atom is -0.324 e. The molecule has 1 aliphatic carbocycles. The topological polar surface area (TPSA) is 68.9 Å². The van der Waals surface area contributed by atoms with E-state index in [9.17, 15) is 9.59 Å². The van der Waals surface area contributed by atoms with E-state index in [1.54, 1.807) is 15.3 Å². The van der Waals surface area contributed by atoms with Crippen LogP contribution in [0.25, 0.3) is 11.2 Å². The molecule has 1 N–H and O–H groups in total. The lowest BCUT2D eigenvalue weighted by atomic mass is 9.95. The first kappa shape index (κ1) is 18.5. The van der Waals surface area contributed by atoms with Crippen molar-refractivity contribution in [2.24, 2.45) is 0 Å². The van der Waals surface area contributed by atoms with Crippen LogP contribution in [0.1, 0.15) is 49.3 Å². The number of fused-ring (bicyclic) bond motifs is 1. The largest absolute Gasteiger partial charge is 0.331 e. The molecule has 1 aliphatic rings. The van der Waals surface area contributed by atoms with Gasteiger partial charge in [0.15, 0.2) is 5.65 Å². The fraction of sp³-hybridized carbons (Fsp3) is 0.409. The fourth-order valence-corrected chi connectivity index (χ4v) is 4.22. The number of hydrogen-bond donors (Lipinski definition) is 1. The van der Waals surface area contributed by atoms with Crippen molar-refractivity contribution in [3.05, 3.63) is 58.1 Å². The second kappa shape index (κ2) is 7.62. The number of hydrogen-bond acceptors (Lipinski definition) is 3. The summed E-state index contributed by atoms with van der Waals surface area (Å²) in [7, 11) is 0. The van der Waals surface area contributed by atoms with Gasteiger partial charge in [-0.25, -0.2) is 9.78 Å². The van der Waals surface area contributed by atoms with E-state index in [0.717, 1.165) is 42.5 Å². The number of aromatic nitrogens is 3. The van der Waals surface area contributed by atoms with E-state index in [-0.39, 0.29) is 24.2 Å². The van der Waals surface area contributed by atoms with Gasteiger partial charge in [-0.3, -0.25) is 13.9 Å². The molecule has 0 saturated heterocycles. The normalized spacial score (nSPS) is 15.1. The molecule has 1 fully saturated rings. The third kappa shape index (κ3) is 3.46. The number of amides is 1. The third-order valence-electron chi connectivity index (χ3n) is 5.62.